The molecule has 128 valence electrons. The summed E-state index contributed by atoms with van der Waals surface area (Å²) in [6.07, 6.45) is 0.779. The van der Waals surface area contributed by atoms with E-state index in [1.165, 1.54) is 7.11 Å². The maximum Gasteiger partial charge on any atom is 0.328 e. The van der Waals surface area contributed by atoms with Crippen molar-refractivity contribution < 1.29 is 14.3 Å². The first kappa shape index (κ1) is 19.0. The van der Waals surface area contributed by atoms with E-state index >= 15 is 0 Å². The minimum Gasteiger partial charge on any atom is -0.467 e. The number of carbonyl (C=O) groups excluding carboxylic acids is 2. The summed E-state index contributed by atoms with van der Waals surface area (Å²) < 4.78 is 4.79. The van der Waals surface area contributed by atoms with E-state index in [1.807, 2.05) is 26.0 Å². The third-order valence-electron chi connectivity index (χ3n) is 4.21. The summed E-state index contributed by atoms with van der Waals surface area (Å²) in [5.74, 6) is -0.652. The molecule has 0 aromatic heterocycles. The lowest BCUT2D eigenvalue weighted by Gasteiger charge is -2.23. The van der Waals surface area contributed by atoms with Gasteiger partial charge in [-0.1, -0.05) is 20.3 Å². The fourth-order valence-electron chi connectivity index (χ4n) is 2.43. The second-order valence-electron chi connectivity index (χ2n) is 5.58. The lowest BCUT2D eigenvalue weighted by molar-refractivity contribution is -0.144. The molecule has 0 aliphatic carbocycles. The third kappa shape index (κ3) is 4.98. The van der Waals surface area contributed by atoms with Gasteiger partial charge in [-0.2, -0.15) is 0 Å². The van der Waals surface area contributed by atoms with Crippen molar-refractivity contribution in [1.29, 1.82) is 0 Å². The molecule has 0 aliphatic heterocycles. The first-order valence-corrected chi connectivity index (χ1v) is 8.22. The predicted molar refractivity (Wildman–Crippen MR) is 92.7 cm³/mol. The van der Waals surface area contributed by atoms with Crippen LogP contribution in [0.5, 0.6) is 0 Å². The van der Waals surface area contributed by atoms with Crippen LogP contribution in [0.25, 0.3) is 0 Å². The monoisotopic (exact) mass is 320 g/mol. The second kappa shape index (κ2) is 9.18. The molecule has 0 heterocycles. The summed E-state index contributed by atoms with van der Waals surface area (Å²) in [6, 6.07) is 6.80. The van der Waals surface area contributed by atoms with Crippen LogP contribution < -0.4 is 10.2 Å². The van der Waals surface area contributed by atoms with Gasteiger partial charge in [0.05, 0.1) is 7.11 Å². The summed E-state index contributed by atoms with van der Waals surface area (Å²) in [6.45, 7) is 9.92. The largest absolute Gasteiger partial charge is 0.467 e. The van der Waals surface area contributed by atoms with Crippen LogP contribution in [0.3, 0.4) is 0 Å². The lowest BCUT2D eigenvalue weighted by atomic mass is 9.99. The average molecular weight is 320 g/mol. The van der Waals surface area contributed by atoms with E-state index in [-0.39, 0.29) is 11.8 Å². The van der Waals surface area contributed by atoms with E-state index in [9.17, 15) is 9.59 Å². The first-order valence-electron chi connectivity index (χ1n) is 8.22. The number of nitrogens with one attached hydrogen (secondary N) is 1. The molecule has 1 N–H and O–H groups in total. The van der Waals surface area contributed by atoms with Crippen LogP contribution in [-0.2, 0) is 9.53 Å². The topological polar surface area (TPSA) is 58.6 Å². The van der Waals surface area contributed by atoms with E-state index < -0.39 is 12.0 Å². The van der Waals surface area contributed by atoms with Gasteiger partial charge in [-0.05, 0) is 44.0 Å². The van der Waals surface area contributed by atoms with Crippen molar-refractivity contribution in [1.82, 2.24) is 5.32 Å². The molecule has 0 spiro atoms. The Morgan fingerprint density at radius 3 is 2.13 bits per heavy atom. The summed E-state index contributed by atoms with van der Waals surface area (Å²) in [5, 5.41) is 2.78. The molecule has 1 aromatic rings. The first-order chi connectivity index (χ1) is 11.0. The van der Waals surface area contributed by atoms with E-state index in [4.69, 9.17) is 4.74 Å². The van der Waals surface area contributed by atoms with E-state index in [1.54, 1.807) is 12.1 Å². The summed E-state index contributed by atoms with van der Waals surface area (Å²) >= 11 is 0. The van der Waals surface area contributed by atoms with Gasteiger partial charge >= 0.3 is 5.97 Å². The van der Waals surface area contributed by atoms with Gasteiger partial charge in [0.15, 0.2) is 0 Å². The Bertz CT molecular complexity index is 510. The number of hydrogen-bond donors (Lipinski definition) is 1. The zero-order chi connectivity index (χ0) is 17.4. The van der Waals surface area contributed by atoms with Crippen LogP contribution in [0, 0.1) is 5.92 Å². The van der Waals surface area contributed by atoms with Gasteiger partial charge in [-0.25, -0.2) is 4.79 Å². The number of esters is 1. The molecule has 0 saturated carbocycles. The molecule has 0 aliphatic rings. The molecule has 5 heteroatoms. The fraction of sp³-hybridized carbons (Fsp3) is 0.556. The highest BCUT2D eigenvalue weighted by Gasteiger charge is 2.27. The van der Waals surface area contributed by atoms with Gasteiger partial charge in [-0.15, -0.1) is 0 Å². The molecule has 0 saturated heterocycles. The molecular formula is C18H28N2O3. The van der Waals surface area contributed by atoms with Crippen LogP contribution in [-0.4, -0.2) is 38.1 Å². The minimum atomic E-state index is -0.625. The summed E-state index contributed by atoms with van der Waals surface area (Å²) in [7, 11) is 1.34. The fourth-order valence-corrected chi connectivity index (χ4v) is 2.43. The van der Waals surface area contributed by atoms with Gasteiger partial charge in [0, 0.05) is 24.3 Å². The Morgan fingerprint density at radius 2 is 1.70 bits per heavy atom. The number of amides is 1. The van der Waals surface area contributed by atoms with Crippen molar-refractivity contribution in [2.45, 2.75) is 40.2 Å². The number of nitrogens with zero attached hydrogens (tertiary/aromatic N) is 1. The van der Waals surface area contributed by atoms with Crippen molar-refractivity contribution >= 4 is 17.6 Å². The molecule has 0 bridgehead atoms. The number of ether oxygens (including phenoxy) is 1. The van der Waals surface area contributed by atoms with Crippen molar-refractivity contribution in [3.63, 3.8) is 0 Å². The quantitative estimate of drug-likeness (QED) is 0.748. The summed E-state index contributed by atoms with van der Waals surface area (Å²) in [5.41, 5.74) is 1.62. The highest BCUT2D eigenvalue weighted by Crippen LogP contribution is 2.16. The van der Waals surface area contributed by atoms with Crippen LogP contribution >= 0.6 is 0 Å². The molecule has 5 nitrogen and oxygen atoms in total. The molecule has 2 atom stereocenters. The molecule has 1 aromatic carbocycles. The Kier molecular flexibility index (Phi) is 7.59. The van der Waals surface area contributed by atoms with Crippen molar-refractivity contribution in [2.24, 2.45) is 5.92 Å². The molecule has 0 unspecified atom stereocenters. The normalized spacial score (nSPS) is 13.1. The van der Waals surface area contributed by atoms with Gasteiger partial charge < -0.3 is 15.0 Å². The average Bonchev–Trinajstić information content (AvgIpc) is 2.59. The Labute approximate surface area is 139 Å². The number of benzene rings is 1. The van der Waals surface area contributed by atoms with Gasteiger partial charge in [-0.3, -0.25) is 4.79 Å². The standard InChI is InChI=1S/C18H28N2O3/c1-6-13(4)16(18(22)23-5)19-17(21)14-9-11-15(12-10-14)20(7-2)8-3/h9-13,16H,6-8H2,1-5H3,(H,19,21)/t13-,16-/m1/s1. The highest BCUT2D eigenvalue weighted by molar-refractivity contribution is 5.97. The number of hydrogen-bond acceptors (Lipinski definition) is 4. The van der Waals surface area contributed by atoms with Crippen LogP contribution in [0.2, 0.25) is 0 Å². The van der Waals surface area contributed by atoms with E-state index in [0.717, 1.165) is 25.2 Å². The van der Waals surface area contributed by atoms with E-state index in [2.05, 4.69) is 24.1 Å². The molecule has 1 rings (SSSR count). The maximum absolute atomic E-state index is 12.4. The van der Waals surface area contributed by atoms with Crippen LogP contribution in [0.1, 0.15) is 44.5 Å². The minimum absolute atomic E-state index is 0.0151. The molecule has 1 amide bonds. The van der Waals surface area contributed by atoms with Crippen LogP contribution in [0.4, 0.5) is 5.69 Å². The van der Waals surface area contributed by atoms with Crippen molar-refractivity contribution in [2.75, 3.05) is 25.1 Å². The summed E-state index contributed by atoms with van der Waals surface area (Å²) in [4.78, 5) is 26.4. The molecule has 0 radical (unpaired) electrons. The predicted octanol–water partition coefficient (Wildman–Crippen LogP) is 2.85. The zero-order valence-electron chi connectivity index (χ0n) is 14.8. The number of methoxy groups -OCH3 is 1. The second-order valence-corrected chi connectivity index (χ2v) is 5.58. The van der Waals surface area contributed by atoms with Gasteiger partial charge in [0.2, 0.25) is 0 Å². The zero-order valence-corrected chi connectivity index (χ0v) is 14.8. The van der Waals surface area contributed by atoms with E-state index in [0.29, 0.717) is 5.56 Å². The van der Waals surface area contributed by atoms with Crippen LogP contribution in [0.15, 0.2) is 24.3 Å². The lowest BCUT2D eigenvalue weighted by Crippen LogP contribution is -2.45. The Balaban J connectivity index is 2.85. The van der Waals surface area contributed by atoms with Crippen molar-refractivity contribution in [3.05, 3.63) is 29.8 Å². The SMILES string of the molecule is CC[C@@H](C)[C@@H](NC(=O)c1ccc(N(CC)CC)cc1)C(=O)OC. The number of carbonyl (C=O) groups is 2. The number of anilines is 1. The van der Waals surface area contributed by atoms with Gasteiger partial charge in [0.1, 0.15) is 6.04 Å². The number of rotatable bonds is 8. The molecule has 23 heavy (non-hydrogen) atoms. The highest BCUT2D eigenvalue weighted by atomic mass is 16.5. The smallest absolute Gasteiger partial charge is 0.328 e. The molecule has 0 fully saturated rings. The van der Waals surface area contributed by atoms with Crippen molar-refractivity contribution in [3.8, 4) is 0 Å². The third-order valence-corrected chi connectivity index (χ3v) is 4.21. The van der Waals surface area contributed by atoms with Gasteiger partial charge in [0.25, 0.3) is 5.91 Å². The maximum atomic E-state index is 12.4. The Morgan fingerprint density at radius 1 is 1.13 bits per heavy atom. The molecular weight excluding hydrogens is 292 g/mol. The Hall–Kier alpha value is -2.04.